The number of imidazole rings is 1. The second-order valence-corrected chi connectivity index (χ2v) is 7.98. The molecule has 1 aliphatic rings. The van der Waals surface area contributed by atoms with Gasteiger partial charge in [0.1, 0.15) is 5.82 Å². The minimum absolute atomic E-state index is 0. The lowest BCUT2D eigenvalue weighted by atomic mass is 10.1. The molecule has 154 valence electrons. The Hall–Kier alpha value is -2.90. The first-order valence-electron chi connectivity index (χ1n) is 9.72. The molecular weight excluding hydrogens is 418 g/mol. The number of piperazine rings is 1. The molecule has 30 heavy (non-hydrogen) atoms. The van der Waals surface area contributed by atoms with Gasteiger partial charge in [-0.1, -0.05) is 30.3 Å². The SMILES string of the molecule is Cl.O=C(c1ccccc1Cn1ccnc1)N1CCN(c2nsc3ccccc23)CC1. The van der Waals surface area contributed by atoms with Crippen LogP contribution < -0.4 is 4.90 Å². The lowest BCUT2D eigenvalue weighted by molar-refractivity contribution is 0.0745. The van der Waals surface area contributed by atoms with E-state index in [0.717, 1.165) is 30.0 Å². The third kappa shape index (κ3) is 3.91. The molecule has 2 aromatic carbocycles. The summed E-state index contributed by atoms with van der Waals surface area (Å²) in [7, 11) is 0. The summed E-state index contributed by atoms with van der Waals surface area (Å²) >= 11 is 1.54. The Balaban J connectivity index is 0.00000218. The van der Waals surface area contributed by atoms with E-state index in [1.807, 2.05) is 46.0 Å². The number of anilines is 1. The van der Waals surface area contributed by atoms with Crippen LogP contribution in [-0.2, 0) is 6.54 Å². The molecule has 0 saturated carbocycles. The molecule has 8 heteroatoms. The van der Waals surface area contributed by atoms with Crippen molar-refractivity contribution in [2.24, 2.45) is 0 Å². The van der Waals surface area contributed by atoms with E-state index in [2.05, 4.69) is 32.5 Å². The molecule has 1 fully saturated rings. The number of aromatic nitrogens is 3. The maximum atomic E-state index is 13.2. The number of hydrogen-bond donors (Lipinski definition) is 0. The van der Waals surface area contributed by atoms with Gasteiger partial charge in [-0.05, 0) is 35.3 Å². The van der Waals surface area contributed by atoms with Crippen LogP contribution in [0.4, 0.5) is 5.82 Å². The molecule has 0 unspecified atom stereocenters. The topological polar surface area (TPSA) is 54.3 Å². The highest BCUT2D eigenvalue weighted by Crippen LogP contribution is 2.30. The van der Waals surface area contributed by atoms with Gasteiger partial charge in [-0.3, -0.25) is 4.79 Å². The van der Waals surface area contributed by atoms with E-state index in [4.69, 9.17) is 0 Å². The lowest BCUT2D eigenvalue weighted by Crippen LogP contribution is -2.49. The van der Waals surface area contributed by atoms with E-state index < -0.39 is 0 Å². The molecule has 1 amide bonds. The Morgan fingerprint density at radius 2 is 1.77 bits per heavy atom. The van der Waals surface area contributed by atoms with Crippen molar-refractivity contribution in [3.8, 4) is 0 Å². The number of fused-ring (bicyclic) bond motifs is 1. The average molecular weight is 440 g/mol. The van der Waals surface area contributed by atoms with Crippen LogP contribution in [0.2, 0.25) is 0 Å². The summed E-state index contributed by atoms with van der Waals surface area (Å²) in [5.41, 5.74) is 1.79. The molecule has 0 N–H and O–H groups in total. The van der Waals surface area contributed by atoms with E-state index in [1.54, 1.807) is 12.5 Å². The van der Waals surface area contributed by atoms with E-state index >= 15 is 0 Å². The summed E-state index contributed by atoms with van der Waals surface area (Å²) in [6.45, 7) is 3.63. The van der Waals surface area contributed by atoms with Crippen LogP contribution in [0.15, 0.2) is 67.3 Å². The second kappa shape index (κ2) is 8.85. The number of carbonyl (C=O) groups excluding carboxylic acids is 1. The molecular formula is C22H22ClN5OS. The van der Waals surface area contributed by atoms with Crippen LogP contribution in [-0.4, -0.2) is 50.9 Å². The average Bonchev–Trinajstić information content (AvgIpc) is 3.44. The van der Waals surface area contributed by atoms with Gasteiger partial charge in [-0.2, -0.15) is 4.37 Å². The first-order chi connectivity index (χ1) is 14.3. The van der Waals surface area contributed by atoms with E-state index in [-0.39, 0.29) is 18.3 Å². The van der Waals surface area contributed by atoms with Gasteiger partial charge < -0.3 is 14.4 Å². The van der Waals surface area contributed by atoms with Gasteiger partial charge in [0, 0.05) is 56.1 Å². The molecule has 3 heterocycles. The van der Waals surface area contributed by atoms with Gasteiger partial charge in [-0.25, -0.2) is 4.98 Å². The smallest absolute Gasteiger partial charge is 0.254 e. The van der Waals surface area contributed by atoms with Gasteiger partial charge in [0.05, 0.1) is 11.0 Å². The number of nitrogens with zero attached hydrogens (tertiary/aromatic N) is 5. The zero-order valence-corrected chi connectivity index (χ0v) is 18.0. The molecule has 0 radical (unpaired) electrons. The molecule has 1 saturated heterocycles. The lowest BCUT2D eigenvalue weighted by Gasteiger charge is -2.35. The van der Waals surface area contributed by atoms with Crippen molar-refractivity contribution < 1.29 is 4.79 Å². The molecule has 2 aromatic heterocycles. The zero-order valence-electron chi connectivity index (χ0n) is 16.3. The molecule has 4 aromatic rings. The zero-order chi connectivity index (χ0) is 19.6. The number of hydrogen-bond acceptors (Lipinski definition) is 5. The van der Waals surface area contributed by atoms with Crippen molar-refractivity contribution in [2.45, 2.75) is 6.54 Å². The summed E-state index contributed by atoms with van der Waals surface area (Å²) in [4.78, 5) is 21.6. The van der Waals surface area contributed by atoms with E-state index in [1.165, 1.54) is 21.6 Å². The highest BCUT2D eigenvalue weighted by Gasteiger charge is 2.25. The summed E-state index contributed by atoms with van der Waals surface area (Å²) in [5.74, 6) is 1.14. The fraction of sp³-hybridized carbons (Fsp3) is 0.227. The minimum Gasteiger partial charge on any atom is -0.352 e. The van der Waals surface area contributed by atoms with Gasteiger partial charge >= 0.3 is 0 Å². The van der Waals surface area contributed by atoms with Crippen molar-refractivity contribution in [2.75, 3.05) is 31.1 Å². The maximum absolute atomic E-state index is 13.2. The first-order valence-corrected chi connectivity index (χ1v) is 10.5. The van der Waals surface area contributed by atoms with Crippen LogP contribution in [0, 0.1) is 0 Å². The van der Waals surface area contributed by atoms with Gasteiger partial charge in [-0.15, -0.1) is 12.4 Å². The molecule has 5 rings (SSSR count). The van der Waals surface area contributed by atoms with Crippen molar-refractivity contribution in [1.29, 1.82) is 0 Å². The molecule has 6 nitrogen and oxygen atoms in total. The highest BCUT2D eigenvalue weighted by atomic mass is 35.5. The molecule has 0 spiro atoms. The van der Waals surface area contributed by atoms with Crippen LogP contribution in [0.5, 0.6) is 0 Å². The number of halogens is 1. The van der Waals surface area contributed by atoms with Crippen molar-refractivity contribution in [1.82, 2.24) is 18.8 Å². The molecule has 0 atom stereocenters. The first kappa shape index (κ1) is 20.4. The van der Waals surface area contributed by atoms with Gasteiger partial charge in [0.15, 0.2) is 0 Å². The van der Waals surface area contributed by atoms with Crippen molar-refractivity contribution >= 4 is 45.8 Å². The quantitative estimate of drug-likeness (QED) is 0.483. The minimum atomic E-state index is 0. The molecule has 0 aliphatic carbocycles. The largest absolute Gasteiger partial charge is 0.352 e. The third-order valence-corrected chi connectivity index (χ3v) is 6.20. The Morgan fingerprint density at radius 1 is 1.00 bits per heavy atom. The molecule has 1 aliphatic heterocycles. The summed E-state index contributed by atoms with van der Waals surface area (Å²) in [6.07, 6.45) is 5.45. The van der Waals surface area contributed by atoms with Crippen LogP contribution >= 0.6 is 23.9 Å². The van der Waals surface area contributed by atoms with Crippen LogP contribution in [0.25, 0.3) is 10.1 Å². The number of carbonyl (C=O) groups is 1. The standard InChI is InChI=1S/C22H21N5OS.ClH/c28-22(18-6-2-1-5-17(18)15-25-10-9-23-16-25)27-13-11-26(12-14-27)21-19-7-3-4-8-20(19)29-24-21;/h1-10,16H,11-15H2;1H. The fourth-order valence-corrected chi connectivity index (χ4v) is 4.63. The van der Waals surface area contributed by atoms with Gasteiger partial charge in [0.2, 0.25) is 0 Å². The van der Waals surface area contributed by atoms with Crippen LogP contribution in [0.1, 0.15) is 15.9 Å². The number of benzene rings is 2. The predicted molar refractivity (Wildman–Crippen MR) is 123 cm³/mol. The van der Waals surface area contributed by atoms with E-state index in [9.17, 15) is 4.79 Å². The van der Waals surface area contributed by atoms with Gasteiger partial charge in [0.25, 0.3) is 5.91 Å². The second-order valence-electron chi connectivity index (χ2n) is 7.17. The van der Waals surface area contributed by atoms with Crippen molar-refractivity contribution in [3.05, 3.63) is 78.4 Å². The number of rotatable bonds is 4. The van der Waals surface area contributed by atoms with Crippen molar-refractivity contribution in [3.63, 3.8) is 0 Å². The molecule has 0 bridgehead atoms. The summed E-state index contributed by atoms with van der Waals surface area (Å²) in [6, 6.07) is 16.2. The summed E-state index contributed by atoms with van der Waals surface area (Å²) in [5, 5.41) is 1.20. The van der Waals surface area contributed by atoms with Crippen LogP contribution in [0.3, 0.4) is 0 Å². The monoisotopic (exact) mass is 439 g/mol. The number of amides is 1. The highest BCUT2D eigenvalue weighted by molar-refractivity contribution is 7.13. The third-order valence-electron chi connectivity index (χ3n) is 5.38. The van der Waals surface area contributed by atoms with E-state index in [0.29, 0.717) is 19.6 Å². The Bertz CT molecular complexity index is 1140. The Morgan fingerprint density at radius 3 is 2.57 bits per heavy atom. The predicted octanol–water partition coefficient (Wildman–Crippen LogP) is 3.93. The Kier molecular flexibility index (Phi) is 6.01. The fourth-order valence-electron chi connectivity index (χ4n) is 3.84. The maximum Gasteiger partial charge on any atom is 0.254 e. The summed E-state index contributed by atoms with van der Waals surface area (Å²) < 4.78 is 7.85. The Labute approximate surface area is 185 Å². The normalized spacial score (nSPS) is 14.0.